The van der Waals surface area contributed by atoms with Gasteiger partial charge in [0.05, 0.1) is 12.2 Å². The van der Waals surface area contributed by atoms with Crippen molar-refractivity contribution in [3.05, 3.63) is 42.4 Å². The van der Waals surface area contributed by atoms with E-state index in [1.807, 2.05) is 37.6 Å². The van der Waals surface area contributed by atoms with Crippen LogP contribution in [-0.4, -0.2) is 47.3 Å². The third kappa shape index (κ3) is 4.63. The molecule has 1 aliphatic heterocycles. The predicted octanol–water partition coefficient (Wildman–Crippen LogP) is 4.61. The van der Waals surface area contributed by atoms with Crippen molar-refractivity contribution < 1.29 is 9.53 Å². The molecular weight excluding hydrogens is 442 g/mol. The number of hydrogen-bond donors (Lipinski definition) is 0. The van der Waals surface area contributed by atoms with E-state index in [-0.39, 0.29) is 18.4 Å². The number of ether oxygens (including phenoxy) is 1. The van der Waals surface area contributed by atoms with Crippen LogP contribution in [0.4, 0.5) is 5.82 Å². The molecule has 1 saturated carbocycles. The average molecular weight is 476 g/mol. The van der Waals surface area contributed by atoms with Crippen LogP contribution in [0.1, 0.15) is 83.6 Å². The van der Waals surface area contributed by atoms with Gasteiger partial charge in [-0.15, -0.1) is 10.2 Å². The molecule has 3 aromatic heterocycles. The van der Waals surface area contributed by atoms with Crippen LogP contribution in [0.25, 0.3) is 17.1 Å². The van der Waals surface area contributed by atoms with Gasteiger partial charge in [-0.3, -0.25) is 14.3 Å². The molecule has 0 amide bonds. The molecule has 1 fully saturated rings. The summed E-state index contributed by atoms with van der Waals surface area (Å²) in [6, 6.07) is 2.48. The van der Waals surface area contributed by atoms with Gasteiger partial charge in [-0.1, -0.05) is 19.8 Å². The highest BCUT2D eigenvalue weighted by Gasteiger charge is 2.38. The van der Waals surface area contributed by atoms with E-state index in [0.717, 1.165) is 47.7 Å². The molecule has 5 rings (SSSR count). The molecule has 0 N–H and O–H groups in total. The molecule has 0 bridgehead atoms. The number of carbonyl (C=O) groups excluding carboxylic acids is 1. The normalized spacial score (nSPS) is 17.8. The Morgan fingerprint density at radius 3 is 2.74 bits per heavy atom. The first kappa shape index (κ1) is 23.4. The van der Waals surface area contributed by atoms with E-state index in [0.29, 0.717) is 18.3 Å². The van der Waals surface area contributed by atoms with Crippen molar-refractivity contribution in [2.24, 2.45) is 0 Å². The second-order valence-corrected chi connectivity index (χ2v) is 10.4. The standard InChI is InChI=1S/C26H33N7O2/c1-5-20-25-31-29-16-32(25)21-15-28-23(30-24(21)33(20)18-8-6-7-9-18)19-12-13-27-14-17(19)10-11-22(34)35-26(2,3)4/h12-16,18,20H,5-11H2,1-4H3/t20-/m1/s1. The van der Waals surface area contributed by atoms with Crippen LogP contribution in [0.5, 0.6) is 0 Å². The number of rotatable bonds is 6. The topological polar surface area (TPSA) is 98.9 Å². The Kier molecular flexibility index (Phi) is 6.25. The van der Waals surface area contributed by atoms with E-state index in [2.05, 4.69) is 27.0 Å². The molecule has 4 heterocycles. The molecule has 0 spiro atoms. The van der Waals surface area contributed by atoms with E-state index < -0.39 is 5.60 Å². The SMILES string of the molecule is CC[C@@H]1c2nncn2-c2cnc(-c3ccncc3CCC(=O)OC(C)(C)C)nc2N1C1CCCC1. The number of aromatic nitrogens is 6. The first-order chi connectivity index (χ1) is 16.9. The summed E-state index contributed by atoms with van der Waals surface area (Å²) in [6.07, 6.45) is 13.6. The first-order valence-corrected chi connectivity index (χ1v) is 12.6. The quantitative estimate of drug-likeness (QED) is 0.477. The molecule has 0 saturated heterocycles. The van der Waals surface area contributed by atoms with Crippen molar-refractivity contribution in [3.8, 4) is 17.1 Å². The fourth-order valence-corrected chi connectivity index (χ4v) is 5.25. The van der Waals surface area contributed by atoms with E-state index in [4.69, 9.17) is 14.7 Å². The third-order valence-corrected chi connectivity index (χ3v) is 6.73. The van der Waals surface area contributed by atoms with Crippen molar-refractivity contribution in [3.63, 3.8) is 0 Å². The molecule has 35 heavy (non-hydrogen) atoms. The maximum absolute atomic E-state index is 12.3. The summed E-state index contributed by atoms with van der Waals surface area (Å²) in [6.45, 7) is 7.82. The molecule has 1 aliphatic carbocycles. The summed E-state index contributed by atoms with van der Waals surface area (Å²) < 4.78 is 7.51. The van der Waals surface area contributed by atoms with Crippen molar-refractivity contribution in [2.45, 2.75) is 90.3 Å². The van der Waals surface area contributed by atoms with Crippen molar-refractivity contribution in [1.82, 2.24) is 29.7 Å². The highest BCUT2D eigenvalue weighted by molar-refractivity contribution is 5.72. The Morgan fingerprint density at radius 1 is 1.20 bits per heavy atom. The second-order valence-electron chi connectivity index (χ2n) is 10.4. The zero-order valence-corrected chi connectivity index (χ0v) is 20.9. The fraction of sp³-hybridized carbons (Fsp3) is 0.538. The zero-order chi connectivity index (χ0) is 24.6. The number of fused-ring (bicyclic) bond motifs is 3. The van der Waals surface area contributed by atoms with Crippen LogP contribution < -0.4 is 4.90 Å². The first-order valence-electron chi connectivity index (χ1n) is 12.6. The number of pyridine rings is 1. The molecule has 3 aromatic rings. The molecule has 1 atom stereocenters. The third-order valence-electron chi connectivity index (χ3n) is 6.73. The van der Waals surface area contributed by atoms with Gasteiger partial charge < -0.3 is 9.64 Å². The van der Waals surface area contributed by atoms with Crippen LogP contribution in [0.3, 0.4) is 0 Å². The van der Waals surface area contributed by atoms with Crippen molar-refractivity contribution in [1.29, 1.82) is 0 Å². The van der Waals surface area contributed by atoms with Gasteiger partial charge in [-0.25, -0.2) is 9.97 Å². The number of esters is 1. The molecule has 184 valence electrons. The minimum atomic E-state index is -0.503. The van der Waals surface area contributed by atoms with Gasteiger partial charge >= 0.3 is 5.97 Å². The number of aryl methyl sites for hydroxylation is 1. The second kappa shape index (κ2) is 9.36. The minimum absolute atomic E-state index is 0.125. The van der Waals surface area contributed by atoms with Gasteiger partial charge in [0, 0.05) is 30.4 Å². The van der Waals surface area contributed by atoms with Crippen LogP contribution >= 0.6 is 0 Å². The van der Waals surface area contributed by atoms with E-state index in [9.17, 15) is 4.79 Å². The number of hydrogen-bond acceptors (Lipinski definition) is 8. The predicted molar refractivity (Wildman–Crippen MR) is 132 cm³/mol. The van der Waals surface area contributed by atoms with Crippen molar-refractivity contribution in [2.75, 3.05) is 4.90 Å². The maximum atomic E-state index is 12.3. The summed E-state index contributed by atoms with van der Waals surface area (Å²) in [4.78, 5) is 29.0. The van der Waals surface area contributed by atoms with Gasteiger partial charge in [0.1, 0.15) is 17.6 Å². The highest BCUT2D eigenvalue weighted by Crippen LogP contribution is 2.43. The molecule has 2 aliphatic rings. The zero-order valence-electron chi connectivity index (χ0n) is 20.9. The lowest BCUT2D eigenvalue weighted by molar-refractivity contribution is -0.154. The average Bonchev–Trinajstić information content (AvgIpc) is 3.53. The Hall–Kier alpha value is -3.36. The summed E-state index contributed by atoms with van der Waals surface area (Å²) in [7, 11) is 0. The lowest BCUT2D eigenvalue weighted by Crippen LogP contribution is -2.42. The number of anilines is 1. The smallest absolute Gasteiger partial charge is 0.306 e. The van der Waals surface area contributed by atoms with Crippen molar-refractivity contribution >= 4 is 11.8 Å². The van der Waals surface area contributed by atoms with E-state index >= 15 is 0 Å². The molecule has 0 aromatic carbocycles. The Morgan fingerprint density at radius 2 is 2.00 bits per heavy atom. The maximum Gasteiger partial charge on any atom is 0.306 e. The van der Waals surface area contributed by atoms with Gasteiger partial charge in [0.15, 0.2) is 17.5 Å². The monoisotopic (exact) mass is 475 g/mol. The Balaban J connectivity index is 1.51. The summed E-state index contributed by atoms with van der Waals surface area (Å²) in [5.74, 6) is 2.29. The Bertz CT molecular complexity index is 1210. The number of nitrogens with zero attached hydrogens (tertiary/aromatic N) is 7. The van der Waals surface area contributed by atoms with Crippen LogP contribution in [0, 0.1) is 0 Å². The molecular formula is C26H33N7O2. The largest absolute Gasteiger partial charge is 0.460 e. The van der Waals surface area contributed by atoms with Crippen LogP contribution in [-0.2, 0) is 16.0 Å². The summed E-state index contributed by atoms with van der Waals surface area (Å²) in [5.41, 5.74) is 2.23. The van der Waals surface area contributed by atoms with Crippen LogP contribution in [0.2, 0.25) is 0 Å². The molecule has 9 nitrogen and oxygen atoms in total. The highest BCUT2D eigenvalue weighted by atomic mass is 16.6. The van der Waals surface area contributed by atoms with Crippen LogP contribution in [0.15, 0.2) is 31.0 Å². The fourth-order valence-electron chi connectivity index (χ4n) is 5.25. The lowest BCUT2D eigenvalue weighted by Gasteiger charge is -2.40. The minimum Gasteiger partial charge on any atom is -0.460 e. The molecule has 0 radical (unpaired) electrons. The van der Waals surface area contributed by atoms with E-state index in [1.54, 1.807) is 18.7 Å². The van der Waals surface area contributed by atoms with Gasteiger partial charge in [-0.2, -0.15) is 0 Å². The molecule has 0 unspecified atom stereocenters. The molecule has 9 heteroatoms. The summed E-state index contributed by atoms with van der Waals surface area (Å²) >= 11 is 0. The van der Waals surface area contributed by atoms with Gasteiger partial charge in [-0.05, 0) is 58.1 Å². The lowest BCUT2D eigenvalue weighted by atomic mass is 10.0. The van der Waals surface area contributed by atoms with E-state index in [1.165, 1.54) is 12.8 Å². The summed E-state index contributed by atoms with van der Waals surface area (Å²) in [5, 5.41) is 8.66. The number of carbonyl (C=O) groups is 1. The van der Waals surface area contributed by atoms with Gasteiger partial charge in [0.2, 0.25) is 0 Å². The van der Waals surface area contributed by atoms with Gasteiger partial charge in [0.25, 0.3) is 0 Å². The Labute approximate surface area is 206 Å².